The van der Waals surface area contributed by atoms with E-state index in [4.69, 9.17) is 0 Å². The third-order valence-electron chi connectivity index (χ3n) is 3.66. The first-order valence-electron chi connectivity index (χ1n) is 7.18. The molecule has 2 N–H and O–H groups in total. The highest BCUT2D eigenvalue weighted by Gasteiger charge is 2.25. The number of hydrogen-bond acceptors (Lipinski definition) is 7. The largest absolute Gasteiger partial charge is 0.394 e. The van der Waals surface area contributed by atoms with Crippen LogP contribution in [0.15, 0.2) is 24.0 Å². The lowest BCUT2D eigenvalue weighted by Gasteiger charge is -2.24. The molecule has 0 aromatic carbocycles. The van der Waals surface area contributed by atoms with Crippen LogP contribution in [0.2, 0.25) is 0 Å². The van der Waals surface area contributed by atoms with Crippen molar-refractivity contribution < 1.29 is 5.11 Å². The van der Waals surface area contributed by atoms with Gasteiger partial charge in [-0.3, -0.25) is 0 Å². The summed E-state index contributed by atoms with van der Waals surface area (Å²) in [4.78, 5) is 15.0. The summed E-state index contributed by atoms with van der Waals surface area (Å²) in [6.07, 6.45) is 6.41. The van der Waals surface area contributed by atoms with E-state index in [1.165, 1.54) is 0 Å². The average Bonchev–Trinajstić information content (AvgIpc) is 3.18. The third-order valence-corrected chi connectivity index (χ3v) is 4.50. The Balaban J connectivity index is 1.60. The second-order valence-corrected chi connectivity index (χ2v) is 6.02. The van der Waals surface area contributed by atoms with Gasteiger partial charge < -0.3 is 15.3 Å². The maximum atomic E-state index is 9.41. The van der Waals surface area contributed by atoms with Crippen molar-refractivity contribution in [3.05, 3.63) is 29.0 Å². The van der Waals surface area contributed by atoms with Crippen molar-refractivity contribution in [3.63, 3.8) is 0 Å². The maximum Gasteiger partial charge on any atom is 0.134 e. The van der Waals surface area contributed by atoms with Gasteiger partial charge in [-0.05, 0) is 12.8 Å². The molecule has 3 heterocycles. The standard InChI is InChI=1S/C14H19N5OS/c20-9-11-2-1-6-19(11)13-8-12(17-10-18-13)15-4-3-14-16-5-7-21-14/h5,7-8,10-11,20H,1-4,6,9H2,(H,15,17,18)/t11-/m0/s1. The fraction of sp³-hybridized carbons (Fsp3) is 0.500. The molecule has 1 fully saturated rings. The maximum absolute atomic E-state index is 9.41. The summed E-state index contributed by atoms with van der Waals surface area (Å²) < 4.78 is 0. The second kappa shape index (κ2) is 6.82. The van der Waals surface area contributed by atoms with Crippen LogP contribution in [0.4, 0.5) is 11.6 Å². The molecule has 0 saturated carbocycles. The zero-order chi connectivity index (χ0) is 14.5. The summed E-state index contributed by atoms with van der Waals surface area (Å²) >= 11 is 1.67. The number of hydrogen-bond donors (Lipinski definition) is 2. The molecule has 0 unspecified atom stereocenters. The van der Waals surface area contributed by atoms with Gasteiger partial charge in [0.15, 0.2) is 0 Å². The van der Waals surface area contributed by atoms with Crippen LogP contribution in [0, 0.1) is 0 Å². The number of nitrogens with zero attached hydrogens (tertiary/aromatic N) is 4. The zero-order valence-corrected chi connectivity index (χ0v) is 12.6. The van der Waals surface area contributed by atoms with Crippen LogP contribution < -0.4 is 10.2 Å². The quantitative estimate of drug-likeness (QED) is 0.843. The first kappa shape index (κ1) is 14.2. The molecule has 7 heteroatoms. The predicted molar refractivity (Wildman–Crippen MR) is 83.8 cm³/mol. The molecule has 0 radical (unpaired) electrons. The smallest absolute Gasteiger partial charge is 0.134 e. The molecule has 1 saturated heterocycles. The Morgan fingerprint density at radius 1 is 1.38 bits per heavy atom. The van der Waals surface area contributed by atoms with Gasteiger partial charge in [-0.1, -0.05) is 0 Å². The number of aliphatic hydroxyl groups is 1. The number of nitrogens with one attached hydrogen (secondary N) is 1. The Morgan fingerprint density at radius 2 is 2.33 bits per heavy atom. The van der Waals surface area contributed by atoms with Gasteiger partial charge in [0.25, 0.3) is 0 Å². The lowest BCUT2D eigenvalue weighted by Crippen LogP contribution is -2.32. The van der Waals surface area contributed by atoms with Gasteiger partial charge in [-0.2, -0.15) is 0 Å². The molecule has 2 aromatic heterocycles. The fourth-order valence-electron chi connectivity index (χ4n) is 2.60. The van der Waals surface area contributed by atoms with E-state index in [1.54, 1.807) is 17.7 Å². The number of thiazole rings is 1. The van der Waals surface area contributed by atoms with Crippen molar-refractivity contribution in [1.29, 1.82) is 0 Å². The molecule has 2 aromatic rings. The van der Waals surface area contributed by atoms with Gasteiger partial charge in [-0.15, -0.1) is 11.3 Å². The monoisotopic (exact) mass is 305 g/mol. The third kappa shape index (κ3) is 3.48. The topological polar surface area (TPSA) is 74.2 Å². The van der Waals surface area contributed by atoms with E-state index in [-0.39, 0.29) is 12.6 Å². The summed E-state index contributed by atoms with van der Waals surface area (Å²) in [5.41, 5.74) is 0. The molecule has 1 aliphatic rings. The van der Waals surface area contributed by atoms with Crippen molar-refractivity contribution in [2.45, 2.75) is 25.3 Å². The second-order valence-electron chi connectivity index (χ2n) is 5.04. The molecule has 21 heavy (non-hydrogen) atoms. The van der Waals surface area contributed by atoms with Crippen LogP contribution in [0.1, 0.15) is 17.8 Å². The molecule has 0 bridgehead atoms. The van der Waals surface area contributed by atoms with Gasteiger partial charge in [0, 0.05) is 37.2 Å². The molecule has 3 rings (SSSR count). The highest BCUT2D eigenvalue weighted by molar-refractivity contribution is 7.09. The van der Waals surface area contributed by atoms with Gasteiger partial charge in [0.05, 0.1) is 17.7 Å². The minimum atomic E-state index is 0.177. The van der Waals surface area contributed by atoms with Crippen LogP contribution in [0.3, 0.4) is 0 Å². The van der Waals surface area contributed by atoms with Crippen LogP contribution >= 0.6 is 11.3 Å². The Bertz CT molecular complexity index is 562. The lowest BCUT2D eigenvalue weighted by atomic mass is 10.2. The van der Waals surface area contributed by atoms with Crippen molar-refractivity contribution in [1.82, 2.24) is 15.0 Å². The number of rotatable bonds is 6. The lowest BCUT2D eigenvalue weighted by molar-refractivity contribution is 0.266. The molecule has 0 aliphatic carbocycles. The van der Waals surface area contributed by atoms with Crippen LogP contribution in [0.5, 0.6) is 0 Å². The van der Waals surface area contributed by atoms with E-state index >= 15 is 0 Å². The van der Waals surface area contributed by atoms with E-state index in [9.17, 15) is 5.11 Å². The minimum absolute atomic E-state index is 0.177. The van der Waals surface area contributed by atoms with Gasteiger partial charge >= 0.3 is 0 Å². The Morgan fingerprint density at radius 3 is 3.14 bits per heavy atom. The predicted octanol–water partition coefficient (Wildman–Crippen LogP) is 1.55. The van der Waals surface area contributed by atoms with Crippen molar-refractivity contribution in [3.8, 4) is 0 Å². The zero-order valence-electron chi connectivity index (χ0n) is 11.8. The summed E-state index contributed by atoms with van der Waals surface area (Å²) in [6, 6.07) is 2.14. The Kier molecular flexibility index (Phi) is 4.62. The summed E-state index contributed by atoms with van der Waals surface area (Å²) in [7, 11) is 0. The molecular formula is C14H19N5OS. The molecule has 0 amide bonds. The first-order valence-corrected chi connectivity index (χ1v) is 8.06. The Hall–Kier alpha value is -1.73. The molecule has 1 atom stereocenters. The molecule has 1 aliphatic heterocycles. The summed E-state index contributed by atoms with van der Waals surface area (Å²) in [5, 5.41) is 15.8. The van der Waals surface area contributed by atoms with E-state index in [0.717, 1.165) is 49.0 Å². The minimum Gasteiger partial charge on any atom is -0.394 e. The van der Waals surface area contributed by atoms with Crippen LogP contribution in [-0.4, -0.2) is 45.8 Å². The summed E-state index contributed by atoms with van der Waals surface area (Å²) in [6.45, 7) is 1.92. The molecule has 112 valence electrons. The average molecular weight is 305 g/mol. The molecule has 0 spiro atoms. The van der Waals surface area contributed by atoms with Crippen LogP contribution in [-0.2, 0) is 6.42 Å². The van der Waals surface area contributed by atoms with E-state index in [1.807, 2.05) is 17.6 Å². The molecular weight excluding hydrogens is 286 g/mol. The fourth-order valence-corrected chi connectivity index (χ4v) is 3.22. The first-order chi connectivity index (χ1) is 10.4. The van der Waals surface area contributed by atoms with E-state index < -0.39 is 0 Å². The van der Waals surface area contributed by atoms with Crippen molar-refractivity contribution in [2.24, 2.45) is 0 Å². The number of aliphatic hydroxyl groups excluding tert-OH is 1. The number of aromatic nitrogens is 3. The van der Waals surface area contributed by atoms with E-state index in [0.29, 0.717) is 0 Å². The highest BCUT2D eigenvalue weighted by Crippen LogP contribution is 2.24. The van der Waals surface area contributed by atoms with Gasteiger partial charge in [0.2, 0.25) is 0 Å². The Labute approximate surface area is 127 Å². The van der Waals surface area contributed by atoms with Crippen LogP contribution in [0.25, 0.3) is 0 Å². The highest BCUT2D eigenvalue weighted by atomic mass is 32.1. The summed E-state index contributed by atoms with van der Waals surface area (Å²) in [5.74, 6) is 1.71. The van der Waals surface area contributed by atoms with E-state index in [2.05, 4.69) is 25.2 Å². The molecule has 6 nitrogen and oxygen atoms in total. The van der Waals surface area contributed by atoms with Crippen molar-refractivity contribution >= 4 is 23.0 Å². The van der Waals surface area contributed by atoms with Crippen molar-refractivity contribution in [2.75, 3.05) is 29.9 Å². The van der Waals surface area contributed by atoms with Gasteiger partial charge in [-0.25, -0.2) is 15.0 Å². The SMILES string of the molecule is OC[C@@H]1CCCN1c1cc(NCCc2nccs2)ncn1. The normalized spacial score (nSPS) is 18.1. The van der Waals surface area contributed by atoms with Gasteiger partial charge in [0.1, 0.15) is 18.0 Å². The number of anilines is 2.